The number of nitrogens with one attached hydrogen (secondary N) is 1. The van der Waals surface area contributed by atoms with Crippen molar-refractivity contribution in [3.05, 3.63) is 53.0 Å². The zero-order chi connectivity index (χ0) is 13.1. The lowest BCUT2D eigenvalue weighted by molar-refractivity contribution is 0.467. The van der Waals surface area contributed by atoms with Crippen LogP contribution in [-0.2, 0) is 0 Å². The Hall–Kier alpha value is -2.21. The van der Waals surface area contributed by atoms with Gasteiger partial charge in [0.15, 0.2) is 0 Å². The zero-order valence-electron chi connectivity index (χ0n) is 10.8. The first-order valence-corrected chi connectivity index (χ1v) is 5.94. The minimum Gasteiger partial charge on any atom is -0.464 e. The summed E-state index contributed by atoms with van der Waals surface area (Å²) in [6.45, 7) is 5.87. The van der Waals surface area contributed by atoms with Crippen molar-refractivity contribution in [1.29, 1.82) is 5.26 Å². The van der Waals surface area contributed by atoms with Crippen LogP contribution >= 0.6 is 0 Å². The number of nitrogens with zero attached hydrogens (tertiary/aromatic N) is 1. The minimum absolute atomic E-state index is 0.0348. The van der Waals surface area contributed by atoms with Gasteiger partial charge in [-0.2, -0.15) is 5.26 Å². The molecule has 18 heavy (non-hydrogen) atoms. The standard InChI is InChI=1S/C15H16N2O/c1-10-5-4-6-14(13(10)9-16)17-12(3)15-8-7-11(2)18-15/h4-8,12,17H,1-3H3. The topological polar surface area (TPSA) is 49.0 Å². The molecule has 1 unspecified atom stereocenters. The molecule has 0 amide bonds. The second-order valence-electron chi connectivity index (χ2n) is 4.42. The van der Waals surface area contributed by atoms with Crippen molar-refractivity contribution >= 4 is 5.69 Å². The summed E-state index contributed by atoms with van der Waals surface area (Å²) in [5.41, 5.74) is 2.51. The molecule has 0 spiro atoms. The molecule has 92 valence electrons. The van der Waals surface area contributed by atoms with Gasteiger partial charge in [0.05, 0.1) is 17.3 Å². The van der Waals surface area contributed by atoms with E-state index in [4.69, 9.17) is 4.42 Å². The second kappa shape index (κ2) is 4.97. The summed E-state index contributed by atoms with van der Waals surface area (Å²) in [5, 5.41) is 12.5. The number of furan rings is 1. The molecule has 1 heterocycles. The van der Waals surface area contributed by atoms with Gasteiger partial charge in [-0.1, -0.05) is 12.1 Å². The van der Waals surface area contributed by atoms with E-state index in [0.29, 0.717) is 5.56 Å². The zero-order valence-corrected chi connectivity index (χ0v) is 10.8. The highest BCUT2D eigenvalue weighted by Gasteiger charge is 2.12. The predicted molar refractivity (Wildman–Crippen MR) is 71.4 cm³/mol. The van der Waals surface area contributed by atoms with Gasteiger partial charge in [-0.3, -0.25) is 0 Å². The summed E-state index contributed by atoms with van der Waals surface area (Å²) in [6.07, 6.45) is 0. The van der Waals surface area contributed by atoms with Crippen molar-refractivity contribution in [2.45, 2.75) is 26.8 Å². The Labute approximate surface area is 107 Å². The summed E-state index contributed by atoms with van der Waals surface area (Å²) in [4.78, 5) is 0. The summed E-state index contributed by atoms with van der Waals surface area (Å²) in [5.74, 6) is 1.77. The van der Waals surface area contributed by atoms with Crippen LogP contribution in [0.1, 0.15) is 35.6 Å². The highest BCUT2D eigenvalue weighted by Crippen LogP contribution is 2.25. The van der Waals surface area contributed by atoms with Crippen molar-refractivity contribution in [3.8, 4) is 6.07 Å². The molecule has 0 bridgehead atoms. The van der Waals surface area contributed by atoms with Gasteiger partial charge in [-0.15, -0.1) is 0 Å². The normalized spacial score (nSPS) is 11.9. The van der Waals surface area contributed by atoms with Gasteiger partial charge in [0, 0.05) is 0 Å². The number of aryl methyl sites for hydroxylation is 2. The largest absolute Gasteiger partial charge is 0.464 e. The van der Waals surface area contributed by atoms with E-state index < -0.39 is 0 Å². The summed E-state index contributed by atoms with van der Waals surface area (Å²) in [7, 11) is 0. The van der Waals surface area contributed by atoms with Crippen LogP contribution in [0.15, 0.2) is 34.7 Å². The molecule has 0 aliphatic carbocycles. The van der Waals surface area contributed by atoms with Gasteiger partial charge in [-0.25, -0.2) is 0 Å². The number of rotatable bonds is 3. The van der Waals surface area contributed by atoms with Crippen LogP contribution in [0, 0.1) is 25.2 Å². The first-order chi connectivity index (χ1) is 8.61. The number of nitriles is 1. The molecule has 0 fully saturated rings. The van der Waals surface area contributed by atoms with Crippen LogP contribution in [-0.4, -0.2) is 0 Å². The molecular weight excluding hydrogens is 224 g/mol. The quantitative estimate of drug-likeness (QED) is 0.883. The third kappa shape index (κ3) is 2.38. The number of hydrogen-bond acceptors (Lipinski definition) is 3. The van der Waals surface area contributed by atoms with Crippen LogP contribution in [0.4, 0.5) is 5.69 Å². The predicted octanol–water partition coefficient (Wildman–Crippen LogP) is 3.94. The maximum Gasteiger partial charge on any atom is 0.126 e. The van der Waals surface area contributed by atoms with Crippen molar-refractivity contribution in [1.82, 2.24) is 0 Å². The van der Waals surface area contributed by atoms with Crippen LogP contribution in [0.2, 0.25) is 0 Å². The van der Waals surface area contributed by atoms with Crippen LogP contribution in [0.3, 0.4) is 0 Å². The fourth-order valence-electron chi connectivity index (χ4n) is 1.93. The maximum absolute atomic E-state index is 9.17. The van der Waals surface area contributed by atoms with Crippen molar-refractivity contribution in [2.75, 3.05) is 5.32 Å². The maximum atomic E-state index is 9.17. The lowest BCUT2D eigenvalue weighted by atomic mass is 10.1. The Bertz CT molecular complexity index is 593. The Morgan fingerprint density at radius 3 is 2.61 bits per heavy atom. The van der Waals surface area contributed by atoms with Crippen molar-refractivity contribution < 1.29 is 4.42 Å². The number of benzene rings is 1. The van der Waals surface area contributed by atoms with Crippen LogP contribution in [0.5, 0.6) is 0 Å². The highest BCUT2D eigenvalue weighted by atomic mass is 16.3. The van der Waals surface area contributed by atoms with E-state index in [1.165, 1.54) is 0 Å². The van der Waals surface area contributed by atoms with Gasteiger partial charge in [0.2, 0.25) is 0 Å². The fraction of sp³-hybridized carbons (Fsp3) is 0.267. The molecule has 1 N–H and O–H groups in total. The molecule has 0 saturated carbocycles. The minimum atomic E-state index is 0.0348. The van der Waals surface area contributed by atoms with E-state index in [2.05, 4.69) is 11.4 Å². The monoisotopic (exact) mass is 240 g/mol. The van der Waals surface area contributed by atoms with Gasteiger partial charge < -0.3 is 9.73 Å². The molecular formula is C15H16N2O. The molecule has 2 aromatic rings. The van der Waals surface area contributed by atoms with E-state index in [1.54, 1.807) is 0 Å². The first-order valence-electron chi connectivity index (χ1n) is 5.94. The molecule has 1 aromatic heterocycles. The third-order valence-corrected chi connectivity index (χ3v) is 2.94. The Balaban J connectivity index is 2.25. The van der Waals surface area contributed by atoms with E-state index in [-0.39, 0.29) is 6.04 Å². The molecule has 2 rings (SSSR count). The number of hydrogen-bond donors (Lipinski definition) is 1. The van der Waals surface area contributed by atoms with Gasteiger partial charge in [0.25, 0.3) is 0 Å². The molecule has 0 radical (unpaired) electrons. The molecule has 3 heteroatoms. The lowest BCUT2D eigenvalue weighted by Crippen LogP contribution is -2.07. The Morgan fingerprint density at radius 2 is 2.00 bits per heavy atom. The average Bonchev–Trinajstić information content (AvgIpc) is 2.76. The summed E-state index contributed by atoms with van der Waals surface area (Å²) in [6, 6.07) is 12.0. The Kier molecular flexibility index (Phi) is 3.38. The second-order valence-corrected chi connectivity index (χ2v) is 4.42. The smallest absolute Gasteiger partial charge is 0.126 e. The van der Waals surface area contributed by atoms with E-state index in [1.807, 2.05) is 51.1 Å². The number of anilines is 1. The van der Waals surface area contributed by atoms with E-state index in [9.17, 15) is 5.26 Å². The third-order valence-electron chi connectivity index (χ3n) is 2.94. The first kappa shape index (κ1) is 12.3. The lowest BCUT2D eigenvalue weighted by Gasteiger charge is -2.15. The van der Waals surface area contributed by atoms with E-state index >= 15 is 0 Å². The van der Waals surface area contributed by atoms with Crippen LogP contribution < -0.4 is 5.32 Å². The van der Waals surface area contributed by atoms with Crippen molar-refractivity contribution in [3.63, 3.8) is 0 Å². The molecule has 1 atom stereocenters. The Morgan fingerprint density at radius 1 is 1.22 bits per heavy atom. The molecule has 1 aromatic carbocycles. The van der Waals surface area contributed by atoms with Gasteiger partial charge in [0.1, 0.15) is 17.6 Å². The van der Waals surface area contributed by atoms with Gasteiger partial charge in [-0.05, 0) is 44.5 Å². The molecule has 3 nitrogen and oxygen atoms in total. The average molecular weight is 240 g/mol. The highest BCUT2D eigenvalue weighted by molar-refractivity contribution is 5.61. The SMILES string of the molecule is Cc1ccc(C(C)Nc2cccc(C)c2C#N)o1. The fourth-order valence-corrected chi connectivity index (χ4v) is 1.93. The summed E-state index contributed by atoms with van der Waals surface area (Å²) < 4.78 is 5.58. The van der Waals surface area contributed by atoms with E-state index in [0.717, 1.165) is 22.8 Å². The van der Waals surface area contributed by atoms with Crippen LogP contribution in [0.25, 0.3) is 0 Å². The molecule has 0 saturated heterocycles. The molecule has 0 aliphatic rings. The summed E-state index contributed by atoms with van der Waals surface area (Å²) >= 11 is 0. The van der Waals surface area contributed by atoms with Crippen molar-refractivity contribution in [2.24, 2.45) is 0 Å². The van der Waals surface area contributed by atoms with Gasteiger partial charge >= 0.3 is 0 Å². The molecule has 0 aliphatic heterocycles.